The lowest BCUT2D eigenvalue weighted by molar-refractivity contribution is 0.0950. The van der Waals surface area contributed by atoms with Crippen LogP contribution in [0.2, 0.25) is 0 Å². The summed E-state index contributed by atoms with van der Waals surface area (Å²) in [5.41, 5.74) is 0.472. The highest BCUT2D eigenvalue weighted by atomic mass is 32.2. The number of carbonyl (C=O) groups is 1. The third-order valence-corrected chi connectivity index (χ3v) is 6.31. The van der Waals surface area contributed by atoms with E-state index in [1.54, 1.807) is 26.0 Å². The van der Waals surface area contributed by atoms with Gasteiger partial charge in [0.25, 0.3) is 5.91 Å². The van der Waals surface area contributed by atoms with Crippen molar-refractivity contribution in [1.29, 1.82) is 0 Å². The minimum atomic E-state index is -3.53. The number of benzene rings is 1. The minimum absolute atomic E-state index is 0.168. The monoisotopic (exact) mass is 381 g/mol. The Bertz CT molecular complexity index is 678. The van der Waals surface area contributed by atoms with Gasteiger partial charge in [-0.05, 0) is 82.9 Å². The molecule has 2 rings (SSSR count). The van der Waals surface area contributed by atoms with Crippen molar-refractivity contribution in [3.63, 3.8) is 0 Å². The fourth-order valence-corrected chi connectivity index (χ4v) is 4.31. The first-order valence-corrected chi connectivity index (χ1v) is 10.9. The molecule has 1 saturated heterocycles. The summed E-state index contributed by atoms with van der Waals surface area (Å²) in [5.74, 6) is 0.659. The van der Waals surface area contributed by atoms with E-state index in [2.05, 4.69) is 21.9 Å². The van der Waals surface area contributed by atoms with Crippen LogP contribution in [-0.4, -0.2) is 51.4 Å². The van der Waals surface area contributed by atoms with Crippen LogP contribution in [0.1, 0.15) is 50.4 Å². The topological polar surface area (TPSA) is 78.5 Å². The van der Waals surface area contributed by atoms with Crippen LogP contribution in [0, 0.1) is 5.92 Å². The van der Waals surface area contributed by atoms with Gasteiger partial charge in [0.1, 0.15) is 0 Å². The summed E-state index contributed by atoms with van der Waals surface area (Å²) in [7, 11) is -3.53. The molecule has 1 aromatic carbocycles. The molecule has 0 spiro atoms. The van der Waals surface area contributed by atoms with Crippen molar-refractivity contribution in [3.05, 3.63) is 29.8 Å². The molecule has 1 aliphatic heterocycles. The van der Waals surface area contributed by atoms with Gasteiger partial charge in [0.2, 0.25) is 10.0 Å². The third-order valence-electron chi connectivity index (χ3n) is 4.63. The van der Waals surface area contributed by atoms with E-state index in [0.29, 0.717) is 12.1 Å². The fraction of sp³-hybridized carbons (Fsp3) is 0.632. The Kier molecular flexibility index (Phi) is 7.61. The summed E-state index contributed by atoms with van der Waals surface area (Å²) in [6.45, 7) is 9.76. The SMILES string of the molecule is CC1CCN(CCCNC(=O)c2ccc(S(=O)(=O)NC(C)C)cc2)CC1. The van der Waals surface area contributed by atoms with Crippen molar-refractivity contribution in [2.75, 3.05) is 26.2 Å². The Morgan fingerprint density at radius 2 is 1.81 bits per heavy atom. The molecular formula is C19H31N3O3S. The number of nitrogens with zero attached hydrogens (tertiary/aromatic N) is 1. The number of carbonyl (C=O) groups excluding carboxylic acids is 1. The Balaban J connectivity index is 1.77. The van der Waals surface area contributed by atoms with Crippen LogP contribution in [0.15, 0.2) is 29.2 Å². The van der Waals surface area contributed by atoms with E-state index in [4.69, 9.17) is 0 Å². The number of nitrogens with one attached hydrogen (secondary N) is 2. The predicted molar refractivity (Wildman–Crippen MR) is 104 cm³/mol. The predicted octanol–water partition coefficient (Wildman–Crippen LogP) is 2.23. The molecule has 1 amide bonds. The van der Waals surface area contributed by atoms with E-state index in [1.807, 2.05) is 0 Å². The number of hydrogen-bond acceptors (Lipinski definition) is 4. The quantitative estimate of drug-likeness (QED) is 0.677. The standard InChI is InChI=1S/C19H31N3O3S/c1-15(2)21-26(24,25)18-7-5-17(6-8-18)19(23)20-11-4-12-22-13-9-16(3)10-14-22/h5-8,15-16,21H,4,9-14H2,1-3H3,(H,20,23). The van der Waals surface area contributed by atoms with Gasteiger partial charge in [-0.2, -0.15) is 0 Å². The van der Waals surface area contributed by atoms with Crippen LogP contribution in [0.25, 0.3) is 0 Å². The molecule has 0 radical (unpaired) electrons. The minimum Gasteiger partial charge on any atom is -0.352 e. The van der Waals surface area contributed by atoms with E-state index in [9.17, 15) is 13.2 Å². The van der Waals surface area contributed by atoms with Gasteiger partial charge >= 0.3 is 0 Å². The van der Waals surface area contributed by atoms with Crippen LogP contribution in [0.3, 0.4) is 0 Å². The molecule has 0 bridgehead atoms. The molecule has 146 valence electrons. The maximum atomic E-state index is 12.2. The van der Waals surface area contributed by atoms with Gasteiger partial charge in [-0.1, -0.05) is 6.92 Å². The lowest BCUT2D eigenvalue weighted by Gasteiger charge is -2.30. The number of amides is 1. The van der Waals surface area contributed by atoms with Crippen molar-refractivity contribution in [2.45, 2.75) is 51.0 Å². The second-order valence-electron chi connectivity index (χ2n) is 7.43. The molecule has 26 heavy (non-hydrogen) atoms. The van der Waals surface area contributed by atoms with Crippen LogP contribution in [-0.2, 0) is 10.0 Å². The summed E-state index contributed by atoms with van der Waals surface area (Å²) in [4.78, 5) is 14.8. The summed E-state index contributed by atoms with van der Waals surface area (Å²) in [6.07, 6.45) is 3.44. The molecule has 1 heterocycles. The zero-order valence-corrected chi connectivity index (χ0v) is 16.8. The number of piperidine rings is 1. The summed E-state index contributed by atoms with van der Waals surface area (Å²) in [5, 5.41) is 2.91. The van der Waals surface area contributed by atoms with Gasteiger partial charge in [0.05, 0.1) is 4.90 Å². The number of hydrogen-bond donors (Lipinski definition) is 2. The van der Waals surface area contributed by atoms with Gasteiger partial charge in [-0.3, -0.25) is 4.79 Å². The van der Waals surface area contributed by atoms with Crippen molar-refractivity contribution >= 4 is 15.9 Å². The Labute approximate surface area is 157 Å². The molecule has 1 aliphatic rings. The Hall–Kier alpha value is -1.44. The molecule has 0 unspecified atom stereocenters. The molecule has 7 heteroatoms. The van der Waals surface area contributed by atoms with Crippen molar-refractivity contribution in [1.82, 2.24) is 14.9 Å². The molecule has 1 fully saturated rings. The lowest BCUT2D eigenvalue weighted by Crippen LogP contribution is -2.35. The van der Waals surface area contributed by atoms with Crippen molar-refractivity contribution < 1.29 is 13.2 Å². The number of sulfonamides is 1. The molecular weight excluding hydrogens is 350 g/mol. The molecule has 0 atom stereocenters. The molecule has 0 saturated carbocycles. The first-order valence-electron chi connectivity index (χ1n) is 9.41. The van der Waals surface area contributed by atoms with Crippen LogP contribution < -0.4 is 10.0 Å². The molecule has 0 aliphatic carbocycles. The van der Waals surface area contributed by atoms with Crippen LogP contribution in [0.4, 0.5) is 0 Å². The van der Waals surface area contributed by atoms with E-state index < -0.39 is 10.0 Å². The maximum Gasteiger partial charge on any atom is 0.251 e. The first-order chi connectivity index (χ1) is 12.3. The average Bonchev–Trinajstić information content (AvgIpc) is 2.59. The normalized spacial score (nSPS) is 16.8. The van der Waals surface area contributed by atoms with E-state index >= 15 is 0 Å². The highest BCUT2D eigenvalue weighted by Gasteiger charge is 2.17. The lowest BCUT2D eigenvalue weighted by atomic mass is 9.99. The summed E-state index contributed by atoms with van der Waals surface area (Å²) < 4.78 is 26.7. The summed E-state index contributed by atoms with van der Waals surface area (Å²) >= 11 is 0. The Morgan fingerprint density at radius 1 is 1.19 bits per heavy atom. The van der Waals surface area contributed by atoms with Gasteiger partial charge in [-0.25, -0.2) is 13.1 Å². The number of rotatable bonds is 8. The van der Waals surface area contributed by atoms with Crippen molar-refractivity contribution in [2.24, 2.45) is 5.92 Å². The van der Waals surface area contributed by atoms with E-state index in [0.717, 1.165) is 32.0 Å². The summed E-state index contributed by atoms with van der Waals surface area (Å²) in [6, 6.07) is 5.86. The zero-order chi connectivity index (χ0) is 19.2. The Morgan fingerprint density at radius 3 is 2.38 bits per heavy atom. The van der Waals surface area contributed by atoms with Gasteiger partial charge < -0.3 is 10.2 Å². The maximum absolute atomic E-state index is 12.2. The molecule has 6 nitrogen and oxygen atoms in total. The second-order valence-corrected chi connectivity index (χ2v) is 9.15. The molecule has 2 N–H and O–H groups in total. The fourth-order valence-electron chi connectivity index (χ4n) is 3.06. The van der Waals surface area contributed by atoms with Gasteiger partial charge in [-0.15, -0.1) is 0 Å². The second kappa shape index (κ2) is 9.48. The first kappa shape index (κ1) is 20.9. The smallest absolute Gasteiger partial charge is 0.251 e. The van der Waals surface area contributed by atoms with Crippen molar-refractivity contribution in [3.8, 4) is 0 Å². The van der Waals surface area contributed by atoms with Gasteiger partial charge in [0.15, 0.2) is 0 Å². The zero-order valence-electron chi connectivity index (χ0n) is 16.0. The molecule has 0 aromatic heterocycles. The van der Waals surface area contributed by atoms with Gasteiger partial charge in [0, 0.05) is 18.2 Å². The molecule has 1 aromatic rings. The van der Waals surface area contributed by atoms with Crippen LogP contribution in [0.5, 0.6) is 0 Å². The average molecular weight is 382 g/mol. The highest BCUT2D eigenvalue weighted by Crippen LogP contribution is 2.15. The van der Waals surface area contributed by atoms with Crippen LogP contribution >= 0.6 is 0 Å². The van der Waals surface area contributed by atoms with E-state index in [-0.39, 0.29) is 16.8 Å². The highest BCUT2D eigenvalue weighted by molar-refractivity contribution is 7.89. The number of likely N-dealkylation sites (tertiary alicyclic amines) is 1. The van der Waals surface area contributed by atoms with E-state index in [1.165, 1.54) is 25.0 Å². The third kappa shape index (κ3) is 6.37. The largest absolute Gasteiger partial charge is 0.352 e.